The summed E-state index contributed by atoms with van der Waals surface area (Å²) >= 11 is 6.02. The third-order valence-corrected chi connectivity index (χ3v) is 5.37. The van der Waals surface area contributed by atoms with Gasteiger partial charge in [0, 0.05) is 10.4 Å². The molecule has 0 aliphatic carbocycles. The van der Waals surface area contributed by atoms with E-state index in [2.05, 4.69) is 23.7 Å². The van der Waals surface area contributed by atoms with E-state index in [9.17, 15) is 8.42 Å². The summed E-state index contributed by atoms with van der Waals surface area (Å²) in [6, 6.07) is 13.2. The normalized spacial score (nSPS) is 14.4. The molecule has 0 spiro atoms. The minimum atomic E-state index is -3.36. The largest absolute Gasteiger partial charge is 0.283 e. The summed E-state index contributed by atoms with van der Waals surface area (Å²) in [7, 11) is -3.36. The molecule has 1 aromatic heterocycles. The van der Waals surface area contributed by atoms with Gasteiger partial charge in [0.25, 0.3) is 0 Å². The monoisotopic (exact) mass is 377 g/mol. The zero-order valence-electron chi connectivity index (χ0n) is 14.3. The molecule has 1 N–H and O–H groups in total. The predicted molar refractivity (Wildman–Crippen MR) is 103 cm³/mol. The van der Waals surface area contributed by atoms with Gasteiger partial charge in [-0.15, -0.1) is 0 Å². The number of hydrogen-bond donors (Lipinski definition) is 1. The molecule has 0 saturated carbocycles. The molecule has 1 heterocycles. The third-order valence-electron chi connectivity index (χ3n) is 4.53. The van der Waals surface area contributed by atoms with Crippen LogP contribution in [0.15, 0.2) is 48.7 Å². The van der Waals surface area contributed by atoms with Crippen LogP contribution in [0.3, 0.4) is 0 Å². The van der Waals surface area contributed by atoms with Gasteiger partial charge in [-0.1, -0.05) is 36.7 Å². The summed E-state index contributed by atoms with van der Waals surface area (Å²) in [5, 5.41) is 6.03. The van der Waals surface area contributed by atoms with Crippen molar-refractivity contribution in [2.24, 2.45) is 0 Å². The average Bonchev–Trinajstić information content (AvgIpc) is 2.99. The summed E-state index contributed by atoms with van der Waals surface area (Å²) in [5.74, 6) is 0. The first-order chi connectivity index (χ1) is 11.7. The zero-order chi connectivity index (χ0) is 18.2. The number of nitrogens with one attached hydrogen (secondary N) is 1. The summed E-state index contributed by atoms with van der Waals surface area (Å²) in [4.78, 5) is 0. The van der Waals surface area contributed by atoms with Crippen LogP contribution in [-0.2, 0) is 15.6 Å². The van der Waals surface area contributed by atoms with Gasteiger partial charge in [0.15, 0.2) is 0 Å². The van der Waals surface area contributed by atoms with E-state index in [1.807, 2.05) is 41.1 Å². The second-order valence-corrected chi connectivity index (χ2v) is 8.49. The van der Waals surface area contributed by atoms with Crippen molar-refractivity contribution in [3.63, 3.8) is 0 Å². The van der Waals surface area contributed by atoms with E-state index >= 15 is 0 Å². The molecule has 0 amide bonds. The highest BCUT2D eigenvalue weighted by molar-refractivity contribution is 7.92. The summed E-state index contributed by atoms with van der Waals surface area (Å²) in [6.45, 7) is 4.21. The molecular formula is C18H20ClN3O2S. The molecule has 25 heavy (non-hydrogen) atoms. The minimum Gasteiger partial charge on any atom is -0.283 e. The van der Waals surface area contributed by atoms with Crippen molar-refractivity contribution in [1.82, 2.24) is 9.78 Å². The Labute approximate surface area is 152 Å². The number of rotatable bonds is 5. The molecule has 0 aliphatic rings. The predicted octanol–water partition coefficient (Wildman–Crippen LogP) is 4.23. The maximum Gasteiger partial charge on any atom is 0.229 e. The van der Waals surface area contributed by atoms with Crippen LogP contribution in [0.2, 0.25) is 5.02 Å². The number of halogens is 1. The zero-order valence-corrected chi connectivity index (χ0v) is 15.9. The fourth-order valence-corrected chi connectivity index (χ4v) is 3.72. The Balaban J connectivity index is 2.17. The van der Waals surface area contributed by atoms with Gasteiger partial charge in [0.2, 0.25) is 10.0 Å². The first kappa shape index (κ1) is 17.8. The molecule has 0 bridgehead atoms. The molecule has 2 aromatic carbocycles. The molecule has 0 aliphatic heterocycles. The van der Waals surface area contributed by atoms with E-state index in [1.165, 1.54) is 0 Å². The van der Waals surface area contributed by atoms with Crippen molar-refractivity contribution >= 4 is 38.2 Å². The maximum atomic E-state index is 11.6. The van der Waals surface area contributed by atoms with Crippen molar-refractivity contribution in [1.29, 1.82) is 0 Å². The van der Waals surface area contributed by atoms with E-state index in [-0.39, 0.29) is 5.54 Å². The highest BCUT2D eigenvalue weighted by atomic mass is 35.5. The fraction of sp³-hybridized carbons (Fsp3) is 0.278. The second kappa shape index (κ2) is 6.35. The van der Waals surface area contributed by atoms with Gasteiger partial charge in [0.05, 0.1) is 29.2 Å². The molecule has 0 saturated heterocycles. The number of aromatic nitrogens is 2. The Morgan fingerprint density at radius 1 is 1.20 bits per heavy atom. The van der Waals surface area contributed by atoms with Crippen LogP contribution in [0.4, 0.5) is 5.69 Å². The lowest BCUT2D eigenvalue weighted by Crippen LogP contribution is -2.31. The highest BCUT2D eigenvalue weighted by Gasteiger charge is 2.29. The Kier molecular flexibility index (Phi) is 4.51. The Morgan fingerprint density at radius 3 is 2.48 bits per heavy atom. The van der Waals surface area contributed by atoms with Gasteiger partial charge in [-0.05, 0) is 43.2 Å². The molecule has 7 heteroatoms. The minimum absolute atomic E-state index is 0.379. The van der Waals surface area contributed by atoms with Crippen LogP contribution in [0.1, 0.15) is 25.8 Å². The van der Waals surface area contributed by atoms with Crippen LogP contribution in [-0.4, -0.2) is 24.5 Å². The second-order valence-electron chi connectivity index (χ2n) is 6.30. The lowest BCUT2D eigenvalue weighted by Gasteiger charge is -2.30. The van der Waals surface area contributed by atoms with Crippen LogP contribution < -0.4 is 4.72 Å². The number of hydrogen-bond acceptors (Lipinski definition) is 3. The number of fused-ring (bicyclic) bond motifs is 1. The van der Waals surface area contributed by atoms with E-state index in [0.29, 0.717) is 10.7 Å². The Morgan fingerprint density at radius 2 is 1.88 bits per heavy atom. The van der Waals surface area contributed by atoms with E-state index in [0.717, 1.165) is 29.1 Å². The van der Waals surface area contributed by atoms with Crippen molar-refractivity contribution in [2.75, 3.05) is 11.0 Å². The van der Waals surface area contributed by atoms with Gasteiger partial charge >= 0.3 is 0 Å². The standard InChI is InChI=1S/C18H20ClN3O2S/c1-4-18(2,13-8-10-14(19)11-9-13)22-17-7-5-6-16(15(17)12-20-22)21-25(3,23)24/h5-12,21H,4H2,1-3H3. The average molecular weight is 378 g/mol. The number of sulfonamides is 1. The molecule has 0 fully saturated rings. The lowest BCUT2D eigenvalue weighted by atomic mass is 9.89. The first-order valence-electron chi connectivity index (χ1n) is 7.95. The number of nitrogens with zero attached hydrogens (tertiary/aromatic N) is 2. The van der Waals surface area contributed by atoms with Crippen molar-refractivity contribution in [2.45, 2.75) is 25.8 Å². The Bertz CT molecular complexity index is 1010. The fourth-order valence-electron chi connectivity index (χ4n) is 3.02. The molecule has 3 rings (SSSR count). The molecule has 5 nitrogen and oxygen atoms in total. The van der Waals surface area contributed by atoms with Gasteiger partial charge in [-0.25, -0.2) is 8.42 Å². The van der Waals surface area contributed by atoms with Gasteiger partial charge in [-0.2, -0.15) is 5.10 Å². The van der Waals surface area contributed by atoms with Crippen LogP contribution in [0.25, 0.3) is 10.9 Å². The summed E-state index contributed by atoms with van der Waals surface area (Å²) in [5.41, 5.74) is 2.11. The molecule has 1 atom stereocenters. The van der Waals surface area contributed by atoms with Crippen molar-refractivity contribution in [3.8, 4) is 0 Å². The van der Waals surface area contributed by atoms with E-state index in [1.54, 1.807) is 12.3 Å². The summed E-state index contributed by atoms with van der Waals surface area (Å²) < 4.78 is 27.7. The molecule has 1 unspecified atom stereocenters. The van der Waals surface area contributed by atoms with Gasteiger partial charge in [-0.3, -0.25) is 9.40 Å². The van der Waals surface area contributed by atoms with E-state index in [4.69, 9.17) is 11.6 Å². The molecular weight excluding hydrogens is 358 g/mol. The number of benzene rings is 2. The smallest absolute Gasteiger partial charge is 0.229 e. The van der Waals surface area contributed by atoms with E-state index < -0.39 is 10.0 Å². The van der Waals surface area contributed by atoms with Gasteiger partial charge < -0.3 is 0 Å². The number of anilines is 1. The van der Waals surface area contributed by atoms with Crippen LogP contribution >= 0.6 is 11.6 Å². The van der Waals surface area contributed by atoms with Crippen LogP contribution in [0.5, 0.6) is 0 Å². The first-order valence-corrected chi connectivity index (χ1v) is 10.2. The topological polar surface area (TPSA) is 64.0 Å². The summed E-state index contributed by atoms with van der Waals surface area (Å²) in [6.07, 6.45) is 3.65. The third kappa shape index (κ3) is 3.37. The molecule has 3 aromatic rings. The van der Waals surface area contributed by atoms with Crippen molar-refractivity contribution < 1.29 is 8.42 Å². The Hall–Kier alpha value is -2.05. The van der Waals surface area contributed by atoms with Crippen molar-refractivity contribution in [3.05, 3.63) is 59.2 Å². The quantitative estimate of drug-likeness (QED) is 0.723. The van der Waals surface area contributed by atoms with Gasteiger partial charge in [0.1, 0.15) is 0 Å². The highest BCUT2D eigenvalue weighted by Crippen LogP contribution is 2.34. The van der Waals surface area contributed by atoms with Crippen LogP contribution in [0, 0.1) is 0 Å². The lowest BCUT2D eigenvalue weighted by molar-refractivity contribution is 0.353. The molecule has 132 valence electrons. The molecule has 0 radical (unpaired) electrons. The SMILES string of the molecule is CCC(C)(c1ccc(Cl)cc1)n1ncc2c(NS(C)(=O)=O)cccc21. The maximum absolute atomic E-state index is 11.6.